The molecule has 9 heteroatoms. The second kappa shape index (κ2) is 10.9. The molecule has 1 aliphatic carbocycles. The van der Waals surface area contributed by atoms with E-state index < -0.39 is 10.0 Å². The maximum absolute atomic E-state index is 12.4. The van der Waals surface area contributed by atoms with Crippen LogP contribution in [0.3, 0.4) is 0 Å². The highest BCUT2D eigenvalue weighted by atomic mass is 35.5. The van der Waals surface area contributed by atoms with Crippen molar-refractivity contribution < 1.29 is 8.42 Å². The number of aromatic nitrogens is 2. The van der Waals surface area contributed by atoms with Gasteiger partial charge in [0.25, 0.3) is 0 Å². The summed E-state index contributed by atoms with van der Waals surface area (Å²) in [5.74, 6) is 2.43. The van der Waals surface area contributed by atoms with E-state index in [1.807, 2.05) is 43.3 Å². The van der Waals surface area contributed by atoms with Gasteiger partial charge in [-0.2, -0.15) is 4.98 Å². The number of benzene rings is 2. The summed E-state index contributed by atoms with van der Waals surface area (Å²) in [5.41, 5.74) is 1.67. The molecule has 1 saturated carbocycles. The van der Waals surface area contributed by atoms with Crippen molar-refractivity contribution in [1.29, 1.82) is 0 Å². The average Bonchev–Trinajstić information content (AvgIpc) is 2.83. The lowest BCUT2D eigenvalue weighted by Gasteiger charge is -2.28. The summed E-state index contributed by atoms with van der Waals surface area (Å²) in [6, 6.07) is 15.0. The van der Waals surface area contributed by atoms with Gasteiger partial charge in [-0.05, 0) is 67.3 Å². The Morgan fingerprint density at radius 3 is 2.26 bits per heavy atom. The third-order valence-electron chi connectivity index (χ3n) is 6.38. The lowest BCUT2D eigenvalue weighted by molar-refractivity contribution is 0.284. The summed E-state index contributed by atoms with van der Waals surface area (Å²) >= 11 is 5.88. The molecule has 1 heterocycles. The molecule has 0 unspecified atom stereocenters. The number of anilines is 2. The first-order chi connectivity index (χ1) is 16.3. The highest BCUT2D eigenvalue weighted by Crippen LogP contribution is 2.29. The number of halogens is 1. The lowest BCUT2D eigenvalue weighted by atomic mass is 9.82. The van der Waals surface area contributed by atoms with Crippen LogP contribution in [0.1, 0.15) is 31.2 Å². The fraction of sp³-hybridized carbons (Fsp3) is 0.440. The number of nitrogens with one attached hydrogen (secondary N) is 2. The van der Waals surface area contributed by atoms with Crippen LogP contribution >= 0.6 is 11.6 Å². The Morgan fingerprint density at radius 2 is 1.59 bits per heavy atom. The zero-order valence-corrected chi connectivity index (χ0v) is 21.2. The SMILES string of the molecule is CN(C)c1nc(NC[C@H]2CC[C@H](CNS(=O)(=O)Cc3ccc(Cl)cc3)CC2)nc2ccccc12. The van der Waals surface area contributed by atoms with Gasteiger partial charge in [0.1, 0.15) is 5.82 Å². The van der Waals surface area contributed by atoms with Gasteiger partial charge in [-0.1, -0.05) is 35.9 Å². The molecule has 0 atom stereocenters. The van der Waals surface area contributed by atoms with E-state index in [0.29, 0.717) is 29.4 Å². The quantitative estimate of drug-likeness (QED) is 0.442. The Hall–Kier alpha value is -2.42. The molecule has 3 aromatic rings. The normalized spacial score (nSPS) is 18.7. The lowest BCUT2D eigenvalue weighted by Crippen LogP contribution is -2.33. The van der Waals surface area contributed by atoms with Crippen LogP contribution in [0.2, 0.25) is 5.02 Å². The van der Waals surface area contributed by atoms with Gasteiger partial charge in [0.05, 0.1) is 11.3 Å². The van der Waals surface area contributed by atoms with E-state index in [0.717, 1.165) is 54.5 Å². The molecule has 182 valence electrons. The maximum Gasteiger partial charge on any atom is 0.225 e. The van der Waals surface area contributed by atoms with Gasteiger partial charge >= 0.3 is 0 Å². The van der Waals surface area contributed by atoms with Crippen LogP contribution in [-0.2, 0) is 15.8 Å². The van der Waals surface area contributed by atoms with Crippen molar-refractivity contribution in [2.75, 3.05) is 37.4 Å². The molecule has 2 aromatic carbocycles. The standard InChI is InChI=1S/C25H32ClN5O2S/c1-31(2)24-22-5-3-4-6-23(22)29-25(30-24)27-15-18-7-9-19(10-8-18)16-28-34(32,33)17-20-11-13-21(26)14-12-20/h3-6,11-14,18-19,28H,7-10,15-17H2,1-2H3,(H,27,29,30)/t18-,19-. The van der Waals surface area contributed by atoms with E-state index in [9.17, 15) is 8.42 Å². The van der Waals surface area contributed by atoms with Crippen LogP contribution in [0.25, 0.3) is 10.9 Å². The number of hydrogen-bond acceptors (Lipinski definition) is 6. The number of rotatable bonds is 9. The van der Waals surface area contributed by atoms with Gasteiger partial charge in [0.15, 0.2) is 0 Å². The third kappa shape index (κ3) is 6.58. The number of fused-ring (bicyclic) bond motifs is 1. The molecule has 0 radical (unpaired) electrons. The molecular formula is C25H32ClN5O2S. The molecule has 2 N–H and O–H groups in total. The predicted octanol–water partition coefficient (Wildman–Crippen LogP) is 4.69. The van der Waals surface area contributed by atoms with Crippen molar-refractivity contribution in [1.82, 2.24) is 14.7 Å². The first-order valence-electron chi connectivity index (χ1n) is 11.7. The minimum atomic E-state index is -3.36. The van der Waals surface area contributed by atoms with Crippen molar-refractivity contribution in [3.63, 3.8) is 0 Å². The van der Waals surface area contributed by atoms with E-state index in [1.54, 1.807) is 24.3 Å². The summed E-state index contributed by atoms with van der Waals surface area (Å²) in [4.78, 5) is 11.4. The third-order valence-corrected chi connectivity index (χ3v) is 7.96. The van der Waals surface area contributed by atoms with Gasteiger partial charge in [0.2, 0.25) is 16.0 Å². The zero-order chi connectivity index (χ0) is 24.1. The first-order valence-corrected chi connectivity index (χ1v) is 13.7. The van der Waals surface area contributed by atoms with Crippen molar-refractivity contribution in [3.8, 4) is 0 Å². The summed E-state index contributed by atoms with van der Waals surface area (Å²) < 4.78 is 27.7. The van der Waals surface area contributed by atoms with Crippen LogP contribution in [0, 0.1) is 11.8 Å². The molecule has 0 aliphatic heterocycles. The summed E-state index contributed by atoms with van der Waals surface area (Å²) in [5, 5.41) is 5.08. The Bertz CT molecular complexity index is 1210. The van der Waals surface area contributed by atoms with E-state index in [1.165, 1.54) is 0 Å². The Labute approximate surface area is 207 Å². The molecule has 0 amide bonds. The highest BCUT2D eigenvalue weighted by Gasteiger charge is 2.23. The molecule has 0 saturated heterocycles. The van der Waals surface area contributed by atoms with Crippen LogP contribution in [0.4, 0.5) is 11.8 Å². The van der Waals surface area contributed by atoms with Crippen LogP contribution in [-0.4, -0.2) is 45.6 Å². The van der Waals surface area contributed by atoms with Crippen LogP contribution in [0.15, 0.2) is 48.5 Å². The molecule has 1 fully saturated rings. The summed E-state index contributed by atoms with van der Waals surface area (Å²) in [6.45, 7) is 1.32. The van der Waals surface area contributed by atoms with Crippen LogP contribution in [0.5, 0.6) is 0 Å². The van der Waals surface area contributed by atoms with E-state index in [2.05, 4.69) is 15.0 Å². The fourth-order valence-corrected chi connectivity index (χ4v) is 5.80. The molecule has 1 aromatic heterocycles. The maximum atomic E-state index is 12.4. The zero-order valence-electron chi connectivity index (χ0n) is 19.7. The molecule has 4 rings (SSSR count). The number of para-hydroxylation sites is 1. The van der Waals surface area contributed by atoms with E-state index in [4.69, 9.17) is 16.6 Å². The van der Waals surface area contributed by atoms with Gasteiger partial charge in [-0.3, -0.25) is 0 Å². The van der Waals surface area contributed by atoms with Gasteiger partial charge in [-0.25, -0.2) is 18.1 Å². The molecule has 1 aliphatic rings. The second-order valence-electron chi connectivity index (χ2n) is 9.28. The van der Waals surface area contributed by atoms with E-state index in [-0.39, 0.29) is 5.75 Å². The molecule has 7 nitrogen and oxygen atoms in total. The van der Waals surface area contributed by atoms with Crippen molar-refractivity contribution in [3.05, 3.63) is 59.1 Å². The predicted molar refractivity (Wildman–Crippen MR) is 140 cm³/mol. The summed E-state index contributed by atoms with van der Waals surface area (Å²) in [7, 11) is 0.617. The molecule has 34 heavy (non-hydrogen) atoms. The van der Waals surface area contributed by atoms with Gasteiger partial charge < -0.3 is 10.2 Å². The van der Waals surface area contributed by atoms with Crippen molar-refractivity contribution >= 4 is 44.3 Å². The number of sulfonamides is 1. The van der Waals surface area contributed by atoms with E-state index >= 15 is 0 Å². The smallest absolute Gasteiger partial charge is 0.225 e. The minimum absolute atomic E-state index is 0.0237. The largest absolute Gasteiger partial charge is 0.362 e. The first kappa shape index (κ1) is 24.7. The average molecular weight is 502 g/mol. The van der Waals surface area contributed by atoms with Gasteiger partial charge in [0, 0.05) is 37.6 Å². The van der Waals surface area contributed by atoms with Crippen LogP contribution < -0.4 is 14.9 Å². The Morgan fingerprint density at radius 1 is 0.941 bits per heavy atom. The second-order valence-corrected chi connectivity index (χ2v) is 11.5. The number of nitrogens with zero attached hydrogens (tertiary/aromatic N) is 3. The Balaban J connectivity index is 1.25. The molecule has 0 bridgehead atoms. The number of hydrogen-bond donors (Lipinski definition) is 2. The monoisotopic (exact) mass is 501 g/mol. The Kier molecular flexibility index (Phi) is 7.91. The molecular weight excluding hydrogens is 470 g/mol. The fourth-order valence-electron chi connectivity index (χ4n) is 4.45. The molecule has 0 spiro atoms. The van der Waals surface area contributed by atoms with Crippen molar-refractivity contribution in [2.45, 2.75) is 31.4 Å². The summed E-state index contributed by atoms with van der Waals surface area (Å²) in [6.07, 6.45) is 4.14. The topological polar surface area (TPSA) is 87.2 Å². The van der Waals surface area contributed by atoms with Gasteiger partial charge in [-0.15, -0.1) is 0 Å². The highest BCUT2D eigenvalue weighted by molar-refractivity contribution is 7.88. The van der Waals surface area contributed by atoms with Crippen molar-refractivity contribution in [2.24, 2.45) is 11.8 Å². The minimum Gasteiger partial charge on any atom is -0.362 e.